The fourth-order valence-electron chi connectivity index (χ4n) is 4.82. The maximum absolute atomic E-state index is 8.90. The summed E-state index contributed by atoms with van der Waals surface area (Å²) in [6.07, 6.45) is 12.9. The standard InChI is InChI=1S/C21H29N/c1-2-16-3-7-18(8-4-16)20-11-13-21(14-12-20)19-9-5-17(15-22)6-10-19/h5-6,9-10,16,18,20-21H,2-4,7-8,11-14H2,1H3/t16?,18?,20-,21+. The number of nitrogens with zero attached hydrogens (tertiary/aromatic N) is 1. The van der Waals surface area contributed by atoms with Crippen LogP contribution in [-0.2, 0) is 0 Å². The van der Waals surface area contributed by atoms with Crippen molar-refractivity contribution in [3.63, 3.8) is 0 Å². The van der Waals surface area contributed by atoms with Gasteiger partial charge in [0.2, 0.25) is 0 Å². The monoisotopic (exact) mass is 295 g/mol. The smallest absolute Gasteiger partial charge is 0.0991 e. The average molecular weight is 295 g/mol. The summed E-state index contributed by atoms with van der Waals surface area (Å²) >= 11 is 0. The van der Waals surface area contributed by atoms with Crippen LogP contribution in [0.3, 0.4) is 0 Å². The van der Waals surface area contributed by atoms with Crippen LogP contribution < -0.4 is 0 Å². The number of benzene rings is 1. The van der Waals surface area contributed by atoms with Crippen molar-refractivity contribution in [2.75, 3.05) is 0 Å². The van der Waals surface area contributed by atoms with Crippen molar-refractivity contribution in [2.45, 2.75) is 70.6 Å². The van der Waals surface area contributed by atoms with E-state index < -0.39 is 0 Å². The van der Waals surface area contributed by atoms with Crippen molar-refractivity contribution < 1.29 is 0 Å². The molecule has 0 aliphatic heterocycles. The van der Waals surface area contributed by atoms with Gasteiger partial charge in [0.1, 0.15) is 0 Å². The van der Waals surface area contributed by atoms with Crippen LogP contribution in [-0.4, -0.2) is 0 Å². The zero-order chi connectivity index (χ0) is 15.4. The molecule has 1 aromatic carbocycles. The Morgan fingerprint density at radius 1 is 0.864 bits per heavy atom. The van der Waals surface area contributed by atoms with E-state index in [2.05, 4.69) is 25.1 Å². The number of hydrogen-bond acceptors (Lipinski definition) is 1. The molecule has 3 rings (SSSR count). The minimum absolute atomic E-state index is 0.732. The van der Waals surface area contributed by atoms with Gasteiger partial charge >= 0.3 is 0 Å². The highest BCUT2D eigenvalue weighted by atomic mass is 14.4. The fourth-order valence-corrected chi connectivity index (χ4v) is 4.82. The van der Waals surface area contributed by atoms with Crippen LogP contribution in [0.25, 0.3) is 0 Å². The lowest BCUT2D eigenvalue weighted by Gasteiger charge is -2.38. The Hall–Kier alpha value is -1.29. The first-order chi connectivity index (χ1) is 10.8. The highest BCUT2D eigenvalue weighted by Gasteiger charge is 2.30. The first-order valence-electron chi connectivity index (χ1n) is 9.30. The maximum Gasteiger partial charge on any atom is 0.0991 e. The molecule has 0 unspecified atom stereocenters. The molecule has 0 amide bonds. The zero-order valence-electron chi connectivity index (χ0n) is 13.9. The molecule has 0 N–H and O–H groups in total. The molecule has 0 aromatic heterocycles. The minimum Gasteiger partial charge on any atom is -0.192 e. The van der Waals surface area contributed by atoms with E-state index in [1.807, 2.05) is 12.1 Å². The zero-order valence-corrected chi connectivity index (χ0v) is 13.9. The summed E-state index contributed by atoms with van der Waals surface area (Å²) in [4.78, 5) is 0. The molecular weight excluding hydrogens is 266 g/mol. The predicted octanol–water partition coefficient (Wildman–Crippen LogP) is 6.05. The van der Waals surface area contributed by atoms with Gasteiger partial charge < -0.3 is 0 Å². The van der Waals surface area contributed by atoms with E-state index in [4.69, 9.17) is 5.26 Å². The second kappa shape index (κ2) is 7.32. The molecule has 1 aromatic rings. The first-order valence-corrected chi connectivity index (χ1v) is 9.30. The Kier molecular flexibility index (Phi) is 5.19. The van der Waals surface area contributed by atoms with E-state index >= 15 is 0 Å². The maximum atomic E-state index is 8.90. The van der Waals surface area contributed by atoms with Crippen LogP contribution in [0.2, 0.25) is 0 Å². The van der Waals surface area contributed by atoms with Gasteiger partial charge in [-0.15, -0.1) is 0 Å². The second-order valence-electron chi connectivity index (χ2n) is 7.53. The molecule has 0 spiro atoms. The molecule has 22 heavy (non-hydrogen) atoms. The SMILES string of the molecule is CCC1CCC([C@H]2CC[C@@H](c3ccc(C#N)cc3)CC2)CC1. The van der Waals surface area contributed by atoms with Gasteiger partial charge in [0.15, 0.2) is 0 Å². The Morgan fingerprint density at radius 3 is 1.91 bits per heavy atom. The lowest BCUT2D eigenvalue weighted by atomic mass is 9.68. The normalized spacial score (nSPS) is 32.4. The van der Waals surface area contributed by atoms with E-state index in [1.165, 1.54) is 63.4 Å². The molecule has 0 radical (unpaired) electrons. The summed E-state index contributed by atoms with van der Waals surface area (Å²) in [6, 6.07) is 10.5. The summed E-state index contributed by atoms with van der Waals surface area (Å²) in [5.41, 5.74) is 2.23. The van der Waals surface area contributed by atoms with E-state index in [-0.39, 0.29) is 0 Å². The summed E-state index contributed by atoms with van der Waals surface area (Å²) in [7, 11) is 0. The van der Waals surface area contributed by atoms with Crippen LogP contribution in [0.1, 0.15) is 81.8 Å². The molecule has 0 heterocycles. The molecule has 0 bridgehead atoms. The third-order valence-electron chi connectivity index (χ3n) is 6.42. The minimum atomic E-state index is 0.732. The van der Waals surface area contributed by atoms with Crippen molar-refractivity contribution >= 4 is 0 Å². The predicted molar refractivity (Wildman–Crippen MR) is 91.6 cm³/mol. The summed E-state index contributed by atoms with van der Waals surface area (Å²) in [5.74, 6) is 3.76. The fraction of sp³-hybridized carbons (Fsp3) is 0.667. The number of rotatable bonds is 3. The molecule has 2 aliphatic carbocycles. The van der Waals surface area contributed by atoms with Gasteiger partial charge in [0.25, 0.3) is 0 Å². The Bertz CT molecular complexity index is 494. The van der Waals surface area contributed by atoms with E-state index in [1.54, 1.807) is 0 Å². The van der Waals surface area contributed by atoms with Crippen LogP contribution in [0.4, 0.5) is 0 Å². The highest BCUT2D eigenvalue weighted by Crippen LogP contribution is 2.44. The average Bonchev–Trinajstić information content (AvgIpc) is 2.62. The van der Waals surface area contributed by atoms with Crippen LogP contribution in [0.5, 0.6) is 0 Å². The third-order valence-corrected chi connectivity index (χ3v) is 6.42. The molecule has 2 fully saturated rings. The van der Waals surface area contributed by atoms with Crippen molar-refractivity contribution in [1.82, 2.24) is 0 Å². The van der Waals surface area contributed by atoms with Crippen molar-refractivity contribution in [3.8, 4) is 6.07 Å². The molecule has 0 saturated heterocycles. The molecular formula is C21H29N. The molecule has 2 saturated carbocycles. The van der Waals surface area contributed by atoms with E-state index in [0.717, 1.165) is 29.2 Å². The Morgan fingerprint density at radius 2 is 1.41 bits per heavy atom. The van der Waals surface area contributed by atoms with Crippen molar-refractivity contribution in [1.29, 1.82) is 5.26 Å². The van der Waals surface area contributed by atoms with Gasteiger partial charge in [-0.05, 0) is 79.9 Å². The third kappa shape index (κ3) is 3.54. The molecule has 1 nitrogen and oxygen atoms in total. The molecule has 1 heteroatoms. The lowest BCUT2D eigenvalue weighted by Crippen LogP contribution is -2.25. The topological polar surface area (TPSA) is 23.8 Å². The van der Waals surface area contributed by atoms with Gasteiger partial charge in [-0.1, -0.05) is 38.3 Å². The van der Waals surface area contributed by atoms with Crippen molar-refractivity contribution in [2.24, 2.45) is 17.8 Å². The summed E-state index contributed by atoms with van der Waals surface area (Å²) < 4.78 is 0. The summed E-state index contributed by atoms with van der Waals surface area (Å²) in [6.45, 7) is 2.35. The molecule has 2 aliphatic rings. The highest BCUT2D eigenvalue weighted by molar-refractivity contribution is 5.33. The molecule has 0 atom stereocenters. The van der Waals surface area contributed by atoms with Gasteiger partial charge in [-0.3, -0.25) is 0 Å². The summed E-state index contributed by atoms with van der Waals surface area (Å²) in [5, 5.41) is 8.90. The van der Waals surface area contributed by atoms with Gasteiger partial charge in [0, 0.05) is 0 Å². The van der Waals surface area contributed by atoms with Crippen LogP contribution in [0.15, 0.2) is 24.3 Å². The largest absolute Gasteiger partial charge is 0.192 e. The van der Waals surface area contributed by atoms with Gasteiger partial charge in [-0.25, -0.2) is 0 Å². The van der Waals surface area contributed by atoms with E-state index in [0.29, 0.717) is 0 Å². The Balaban J connectivity index is 1.51. The second-order valence-corrected chi connectivity index (χ2v) is 7.53. The van der Waals surface area contributed by atoms with Crippen molar-refractivity contribution in [3.05, 3.63) is 35.4 Å². The van der Waals surface area contributed by atoms with Gasteiger partial charge in [0.05, 0.1) is 11.6 Å². The lowest BCUT2D eigenvalue weighted by molar-refractivity contribution is 0.158. The first kappa shape index (κ1) is 15.6. The van der Waals surface area contributed by atoms with Crippen LogP contribution in [0, 0.1) is 29.1 Å². The van der Waals surface area contributed by atoms with Gasteiger partial charge in [-0.2, -0.15) is 5.26 Å². The number of hydrogen-bond donors (Lipinski definition) is 0. The Labute approximate surface area is 135 Å². The quantitative estimate of drug-likeness (QED) is 0.666. The van der Waals surface area contributed by atoms with E-state index in [9.17, 15) is 0 Å². The number of nitriles is 1. The molecule has 118 valence electrons. The van der Waals surface area contributed by atoms with Crippen LogP contribution >= 0.6 is 0 Å².